The number of para-hydroxylation sites is 2. The molecule has 5 heterocycles. The van der Waals surface area contributed by atoms with Crippen LogP contribution in [0, 0.1) is 0 Å². The van der Waals surface area contributed by atoms with Crippen LogP contribution in [-0.4, -0.2) is 19.9 Å². The Morgan fingerprint density at radius 3 is 1.07 bits per heavy atom. The van der Waals surface area contributed by atoms with E-state index in [-0.39, 0.29) is 10.7 Å². The van der Waals surface area contributed by atoms with Crippen molar-refractivity contribution in [2.45, 2.75) is 17.3 Å². The molecule has 0 unspecified atom stereocenters. The smallest absolute Gasteiger partial charge is 0.235 e. The molecule has 0 atom stereocenters. The summed E-state index contributed by atoms with van der Waals surface area (Å²) in [5.41, 5.74) is 26.3. The van der Waals surface area contributed by atoms with Gasteiger partial charge in [-0.05, 0) is 178 Å². The second-order valence-electron chi connectivity index (χ2n) is 28.3. The van der Waals surface area contributed by atoms with Crippen LogP contribution in [0.25, 0.3) is 128 Å². The molecule has 16 aromatic carbocycles. The van der Waals surface area contributed by atoms with E-state index in [2.05, 4.69) is 349 Å². The highest BCUT2D eigenvalue weighted by Gasteiger charge is 2.53. The maximum Gasteiger partial charge on any atom is 0.235 e. The van der Waals surface area contributed by atoms with Gasteiger partial charge in [-0.15, -0.1) is 22.7 Å². The summed E-state index contributed by atoms with van der Waals surface area (Å²) in [7, 11) is 0. The topological polar surface area (TPSA) is 54.8 Å². The van der Waals surface area contributed by atoms with Crippen molar-refractivity contribution in [2.75, 3.05) is 4.90 Å². The number of rotatable bonds is 3. The fraction of sp³-hybridized carbons (Fsp3) is 0.0303. The standard InChI is InChI=1S/C49H29N3S.C26H18.C24H13ClN2S/c1-2-14-30(15-3-1)46-35-26-27-43-45(36-28-31-16-4-5-17-32(31)29-44(36)53-43)47(35)51-48(50-46)52-41-24-12-10-22-39(41)49(40-23-11-13-25-42(40)52)37-20-8-6-18-33(37)34-19-7-9-21-38(34)49;1-5-13-22-18(9-1)17-19-10-2-6-14-23(19)26(22)24-15-7-3-11-20(24)21-12-4-8-16-25(21)26;25-24-26-22(14-6-2-1-3-7-14)17-10-11-19-21(23(17)27-24)18-12-15-8-4-5-9-16(15)13-20(18)28-19/h1-29H;1-16H,17H2;1-13H. The predicted octanol–water partition coefficient (Wildman–Crippen LogP) is 26.4. The van der Waals surface area contributed by atoms with Crippen molar-refractivity contribution in [3.8, 4) is 44.8 Å². The van der Waals surface area contributed by atoms with Gasteiger partial charge < -0.3 is 0 Å². The molecule has 3 aliphatic carbocycles. The lowest BCUT2D eigenvalue weighted by Gasteiger charge is -2.44. The molecule has 0 N–H and O–H groups in total. The normalized spacial score (nSPS) is 13.6. The average Bonchev–Trinajstić information content (AvgIpc) is 1.58. The van der Waals surface area contributed by atoms with Crippen LogP contribution in [0.3, 0.4) is 0 Å². The Balaban J connectivity index is 0.000000111. The van der Waals surface area contributed by atoms with E-state index in [0.29, 0.717) is 5.95 Å². The molecule has 5 nitrogen and oxygen atoms in total. The van der Waals surface area contributed by atoms with Gasteiger partial charge >= 0.3 is 0 Å². The molecule has 4 aromatic heterocycles. The first-order valence-corrected chi connectivity index (χ1v) is 38.4. The Morgan fingerprint density at radius 1 is 0.280 bits per heavy atom. The largest absolute Gasteiger partial charge is 0.278 e. The molecule has 2 spiro atoms. The highest BCUT2D eigenvalue weighted by atomic mass is 35.5. The van der Waals surface area contributed by atoms with Crippen LogP contribution in [0.1, 0.15) is 55.6 Å². The van der Waals surface area contributed by atoms with Gasteiger partial charge in [0.2, 0.25) is 11.2 Å². The molecule has 0 saturated heterocycles. The molecule has 0 amide bonds. The van der Waals surface area contributed by atoms with Crippen molar-refractivity contribution in [3.05, 3.63) is 413 Å². The first-order valence-electron chi connectivity index (χ1n) is 36.4. The molecule has 20 aromatic rings. The SMILES string of the molecule is Clc1nc(-c2ccccc2)c2ccc3sc4cc5ccccc5cc4c3c2n1.c1ccc(-c2nc(N3c4ccccc4C4(c5ccccc5-c5ccccc54)c4ccccc43)nc3c2ccc2sc4cc5ccccc5cc4c23)cc1.c1ccc2c(c1)Cc1ccccc1C21c2ccccc2-c2ccccc21. The fourth-order valence-corrected chi connectivity index (χ4v) is 20.9. The number of hydrogen-bond acceptors (Lipinski definition) is 7. The Morgan fingerprint density at radius 2 is 0.626 bits per heavy atom. The van der Waals surface area contributed by atoms with Gasteiger partial charge in [0, 0.05) is 62.2 Å². The zero-order valence-electron chi connectivity index (χ0n) is 57.6. The van der Waals surface area contributed by atoms with Crippen LogP contribution in [0.2, 0.25) is 5.28 Å². The molecule has 0 saturated carbocycles. The zero-order valence-corrected chi connectivity index (χ0v) is 60.0. The summed E-state index contributed by atoms with van der Waals surface area (Å²) < 4.78 is 4.97. The van der Waals surface area contributed by atoms with E-state index in [1.165, 1.54) is 134 Å². The number of hydrogen-bond donors (Lipinski definition) is 0. The monoisotopic (exact) mass is 1420 g/mol. The van der Waals surface area contributed by atoms with Gasteiger partial charge in [0.05, 0.1) is 44.6 Å². The van der Waals surface area contributed by atoms with Gasteiger partial charge in [-0.2, -0.15) is 0 Å². The second-order valence-corrected chi connectivity index (χ2v) is 30.8. The molecule has 0 radical (unpaired) electrons. The molecule has 107 heavy (non-hydrogen) atoms. The third-order valence-corrected chi connectivity index (χ3v) is 25.2. The number of halogens is 1. The van der Waals surface area contributed by atoms with Crippen molar-refractivity contribution < 1.29 is 0 Å². The summed E-state index contributed by atoms with van der Waals surface area (Å²) in [6.45, 7) is 0. The summed E-state index contributed by atoms with van der Waals surface area (Å²) in [6, 6.07) is 127. The summed E-state index contributed by atoms with van der Waals surface area (Å²) in [6.07, 6.45) is 1.01. The first kappa shape index (κ1) is 61.7. The van der Waals surface area contributed by atoms with E-state index in [1.807, 2.05) is 29.5 Å². The summed E-state index contributed by atoms with van der Waals surface area (Å²) in [5.74, 6) is 0.665. The minimum absolute atomic E-state index is 0.196. The molecular formula is C99H60ClN5S2. The predicted molar refractivity (Wildman–Crippen MR) is 448 cm³/mol. The van der Waals surface area contributed by atoms with Crippen molar-refractivity contribution in [1.82, 2.24) is 19.9 Å². The fourth-order valence-electron chi connectivity index (χ4n) is 18.5. The van der Waals surface area contributed by atoms with Crippen LogP contribution in [-0.2, 0) is 17.3 Å². The molecule has 1 aliphatic heterocycles. The van der Waals surface area contributed by atoms with Crippen molar-refractivity contribution in [1.29, 1.82) is 0 Å². The maximum absolute atomic E-state index is 6.37. The molecule has 4 aliphatic rings. The van der Waals surface area contributed by atoms with E-state index >= 15 is 0 Å². The average molecular weight is 1420 g/mol. The lowest BCUT2D eigenvalue weighted by atomic mass is 9.61. The summed E-state index contributed by atoms with van der Waals surface area (Å²) in [5, 5.41) is 12.1. The minimum Gasteiger partial charge on any atom is -0.278 e. The third-order valence-electron chi connectivity index (χ3n) is 22.8. The molecule has 0 fully saturated rings. The zero-order chi connectivity index (χ0) is 70.5. The lowest BCUT2D eigenvalue weighted by molar-refractivity contribution is 0.722. The van der Waals surface area contributed by atoms with Crippen LogP contribution in [0.15, 0.2) is 352 Å². The van der Waals surface area contributed by atoms with Gasteiger partial charge in [0.15, 0.2) is 0 Å². The van der Waals surface area contributed by atoms with Crippen molar-refractivity contribution in [3.63, 3.8) is 0 Å². The highest BCUT2D eigenvalue weighted by Crippen LogP contribution is 2.64. The molecule has 0 bridgehead atoms. The van der Waals surface area contributed by atoms with Gasteiger partial charge in [-0.3, -0.25) is 4.90 Å². The van der Waals surface area contributed by atoms with E-state index in [1.54, 1.807) is 11.3 Å². The molecule has 8 heteroatoms. The number of fused-ring (bicyclic) bond motifs is 30. The number of nitrogens with zero attached hydrogens (tertiary/aromatic N) is 5. The van der Waals surface area contributed by atoms with Crippen LogP contribution in [0.4, 0.5) is 17.3 Å². The highest BCUT2D eigenvalue weighted by molar-refractivity contribution is 7.26. The van der Waals surface area contributed by atoms with E-state index < -0.39 is 5.41 Å². The van der Waals surface area contributed by atoms with Gasteiger partial charge in [-0.25, -0.2) is 19.9 Å². The van der Waals surface area contributed by atoms with Gasteiger partial charge in [-0.1, -0.05) is 291 Å². The number of thiophene rings is 2. The first-order chi connectivity index (χ1) is 53.0. The van der Waals surface area contributed by atoms with Gasteiger partial charge in [0.25, 0.3) is 0 Å². The molecule has 500 valence electrons. The molecular weight excluding hydrogens is 1360 g/mol. The van der Waals surface area contributed by atoms with Gasteiger partial charge in [0.1, 0.15) is 0 Å². The lowest BCUT2D eigenvalue weighted by Crippen LogP contribution is -2.36. The summed E-state index contributed by atoms with van der Waals surface area (Å²) >= 11 is 10.0. The number of aromatic nitrogens is 4. The Labute approximate surface area is 630 Å². The Bertz CT molecular complexity index is 6910. The van der Waals surface area contributed by atoms with Crippen LogP contribution < -0.4 is 4.90 Å². The quantitative estimate of drug-likeness (QED) is 0.165. The maximum atomic E-state index is 6.37. The Hall–Kier alpha value is -12.8. The van der Waals surface area contributed by atoms with Crippen LogP contribution >= 0.6 is 34.3 Å². The Kier molecular flexibility index (Phi) is 13.9. The number of anilines is 3. The summed E-state index contributed by atoms with van der Waals surface area (Å²) in [4.78, 5) is 22.7. The minimum atomic E-state index is -0.492. The number of benzene rings is 16. The van der Waals surface area contributed by atoms with Crippen LogP contribution in [0.5, 0.6) is 0 Å². The van der Waals surface area contributed by atoms with E-state index in [0.717, 1.165) is 67.5 Å². The van der Waals surface area contributed by atoms with Crippen molar-refractivity contribution >= 4 is 135 Å². The van der Waals surface area contributed by atoms with E-state index in [4.69, 9.17) is 21.6 Å². The van der Waals surface area contributed by atoms with E-state index in [9.17, 15) is 0 Å². The third kappa shape index (κ3) is 9.15. The molecule has 24 rings (SSSR count). The second kappa shape index (κ2) is 24.2. The van der Waals surface area contributed by atoms with Crippen molar-refractivity contribution in [2.24, 2.45) is 0 Å².